The number of ether oxygens (including phenoxy) is 1. The molecule has 0 radical (unpaired) electrons. The number of halogens is 1. The Bertz CT molecular complexity index is 436. The largest absolute Gasteiger partial charge is 0.496 e. The number of hydrogen-bond donors (Lipinski definition) is 1. The van der Waals surface area contributed by atoms with Crippen molar-refractivity contribution in [1.82, 2.24) is 0 Å². The van der Waals surface area contributed by atoms with Crippen LogP contribution in [0.5, 0.6) is 5.75 Å². The molecule has 0 heterocycles. The van der Waals surface area contributed by atoms with Gasteiger partial charge in [-0.1, -0.05) is 22.4 Å². The minimum absolute atomic E-state index is 0.115. The summed E-state index contributed by atoms with van der Waals surface area (Å²) < 4.78 is 6.13. The van der Waals surface area contributed by atoms with Crippen LogP contribution in [0.4, 0.5) is 0 Å². The number of carbonyl (C=O) groups excluding carboxylic acids is 1. The molecule has 17 heavy (non-hydrogen) atoms. The molecule has 1 aromatic carbocycles. The van der Waals surface area contributed by atoms with E-state index in [1.54, 1.807) is 13.2 Å². The van der Waals surface area contributed by atoms with Crippen LogP contribution in [0.25, 0.3) is 0 Å². The molecule has 0 aliphatic heterocycles. The van der Waals surface area contributed by atoms with Crippen LogP contribution in [-0.2, 0) is 0 Å². The molecular formula is C13H16BrNO2. The van der Waals surface area contributed by atoms with Crippen LogP contribution < -0.4 is 10.5 Å². The summed E-state index contributed by atoms with van der Waals surface area (Å²) in [5, 5.41) is 0. The summed E-state index contributed by atoms with van der Waals surface area (Å²) in [7, 11) is 1.58. The summed E-state index contributed by atoms with van der Waals surface area (Å²) in [4.78, 5) is 12.5. The van der Waals surface area contributed by atoms with Gasteiger partial charge in [0.1, 0.15) is 5.75 Å². The van der Waals surface area contributed by atoms with Gasteiger partial charge in [0.05, 0.1) is 12.7 Å². The van der Waals surface area contributed by atoms with Crippen LogP contribution in [0, 0.1) is 5.41 Å². The summed E-state index contributed by atoms with van der Waals surface area (Å²) >= 11 is 3.38. The second kappa shape index (κ2) is 4.78. The first kappa shape index (κ1) is 12.6. The summed E-state index contributed by atoms with van der Waals surface area (Å²) in [5.74, 6) is 0.738. The molecule has 0 saturated heterocycles. The number of ketones is 1. The van der Waals surface area contributed by atoms with Crippen molar-refractivity contribution >= 4 is 21.7 Å². The monoisotopic (exact) mass is 297 g/mol. The third-order valence-corrected chi connectivity index (χ3v) is 4.08. The molecular weight excluding hydrogens is 282 g/mol. The molecule has 3 nitrogen and oxygen atoms in total. The van der Waals surface area contributed by atoms with Gasteiger partial charge in [0.2, 0.25) is 0 Å². The van der Waals surface area contributed by atoms with E-state index in [-0.39, 0.29) is 11.2 Å². The molecule has 1 aromatic rings. The van der Waals surface area contributed by atoms with Crippen molar-refractivity contribution in [2.24, 2.45) is 11.1 Å². The van der Waals surface area contributed by atoms with Gasteiger partial charge >= 0.3 is 0 Å². The number of methoxy groups -OCH3 is 1. The normalized spacial score (nSPS) is 17.4. The smallest absolute Gasteiger partial charge is 0.174 e. The lowest BCUT2D eigenvalue weighted by molar-refractivity contribution is 0.0632. The number of hydrogen-bond acceptors (Lipinski definition) is 3. The zero-order chi connectivity index (χ0) is 12.5. The average molecular weight is 298 g/mol. The molecule has 1 aliphatic rings. The third kappa shape index (κ3) is 2.11. The van der Waals surface area contributed by atoms with Gasteiger partial charge in [-0.05, 0) is 31.0 Å². The van der Waals surface area contributed by atoms with Crippen molar-refractivity contribution in [3.63, 3.8) is 0 Å². The van der Waals surface area contributed by atoms with E-state index < -0.39 is 0 Å². The van der Waals surface area contributed by atoms with Gasteiger partial charge in [0.15, 0.2) is 5.78 Å². The standard InChI is InChI=1S/C13H16BrNO2/c1-17-11-4-3-9(14)7-10(11)12(16)13(8-15)5-2-6-13/h3-4,7H,2,5-6,8,15H2,1H3. The van der Waals surface area contributed by atoms with Crippen LogP contribution >= 0.6 is 15.9 Å². The van der Waals surface area contributed by atoms with Gasteiger partial charge in [-0.3, -0.25) is 4.79 Å². The van der Waals surface area contributed by atoms with Gasteiger partial charge < -0.3 is 10.5 Å². The number of Topliss-reactive ketones (excluding diaryl/α,β-unsaturated/α-hetero) is 1. The molecule has 2 N–H and O–H groups in total. The van der Waals surface area contributed by atoms with Crippen LogP contribution in [0.15, 0.2) is 22.7 Å². The first-order valence-corrected chi connectivity index (χ1v) is 6.51. The Morgan fingerprint density at radius 2 is 2.24 bits per heavy atom. The van der Waals surface area contributed by atoms with Gasteiger partial charge in [0, 0.05) is 16.4 Å². The highest BCUT2D eigenvalue weighted by Crippen LogP contribution is 2.44. The average Bonchev–Trinajstić information content (AvgIpc) is 2.28. The highest BCUT2D eigenvalue weighted by molar-refractivity contribution is 9.10. The molecule has 1 aliphatic carbocycles. The molecule has 92 valence electrons. The quantitative estimate of drug-likeness (QED) is 0.870. The van der Waals surface area contributed by atoms with Crippen molar-refractivity contribution in [2.75, 3.05) is 13.7 Å². The molecule has 2 rings (SSSR count). The van der Waals surface area contributed by atoms with Gasteiger partial charge in [-0.25, -0.2) is 0 Å². The summed E-state index contributed by atoms with van der Waals surface area (Å²) in [6.07, 6.45) is 2.86. The molecule has 0 bridgehead atoms. The number of carbonyl (C=O) groups is 1. The minimum Gasteiger partial charge on any atom is -0.496 e. The van der Waals surface area contributed by atoms with Gasteiger partial charge in [-0.2, -0.15) is 0 Å². The maximum Gasteiger partial charge on any atom is 0.174 e. The Balaban J connectivity index is 2.39. The van der Waals surface area contributed by atoms with Crippen molar-refractivity contribution in [1.29, 1.82) is 0 Å². The molecule has 0 spiro atoms. The fraction of sp³-hybridized carbons (Fsp3) is 0.462. The van der Waals surface area contributed by atoms with Crippen molar-refractivity contribution in [3.8, 4) is 5.75 Å². The Morgan fingerprint density at radius 1 is 1.53 bits per heavy atom. The van der Waals surface area contributed by atoms with Crippen LogP contribution in [0.2, 0.25) is 0 Å². The Kier molecular flexibility index (Phi) is 3.54. The minimum atomic E-state index is -0.353. The zero-order valence-electron chi connectivity index (χ0n) is 9.83. The molecule has 1 saturated carbocycles. The van der Waals surface area contributed by atoms with E-state index in [1.165, 1.54) is 0 Å². The number of benzene rings is 1. The highest BCUT2D eigenvalue weighted by atomic mass is 79.9. The lowest BCUT2D eigenvalue weighted by atomic mass is 9.64. The topological polar surface area (TPSA) is 52.3 Å². The van der Waals surface area contributed by atoms with E-state index in [1.807, 2.05) is 12.1 Å². The molecule has 4 heteroatoms. The van der Waals surface area contributed by atoms with Crippen molar-refractivity contribution in [3.05, 3.63) is 28.2 Å². The van der Waals surface area contributed by atoms with E-state index in [0.29, 0.717) is 17.9 Å². The molecule has 1 fully saturated rings. The lowest BCUT2D eigenvalue weighted by Gasteiger charge is -2.39. The Labute approximate surface area is 109 Å². The second-order valence-corrected chi connectivity index (χ2v) is 5.43. The summed E-state index contributed by atoms with van der Waals surface area (Å²) in [5.41, 5.74) is 6.04. The molecule has 0 atom stereocenters. The first-order chi connectivity index (χ1) is 8.13. The number of rotatable bonds is 4. The lowest BCUT2D eigenvalue weighted by Crippen LogP contribution is -2.44. The highest BCUT2D eigenvalue weighted by Gasteiger charge is 2.43. The fourth-order valence-electron chi connectivity index (χ4n) is 2.27. The summed E-state index contributed by atoms with van der Waals surface area (Å²) in [6, 6.07) is 5.49. The fourth-order valence-corrected chi connectivity index (χ4v) is 2.63. The predicted molar refractivity (Wildman–Crippen MR) is 70.4 cm³/mol. The van der Waals surface area contributed by atoms with Crippen LogP contribution in [0.1, 0.15) is 29.6 Å². The van der Waals surface area contributed by atoms with Crippen LogP contribution in [-0.4, -0.2) is 19.4 Å². The van der Waals surface area contributed by atoms with Crippen molar-refractivity contribution in [2.45, 2.75) is 19.3 Å². The number of nitrogens with two attached hydrogens (primary N) is 1. The van der Waals surface area contributed by atoms with Gasteiger partial charge in [0.25, 0.3) is 0 Å². The zero-order valence-corrected chi connectivity index (χ0v) is 11.4. The summed E-state index contributed by atoms with van der Waals surface area (Å²) in [6.45, 7) is 0.418. The predicted octanol–water partition coefficient (Wildman–Crippen LogP) is 2.77. The van der Waals surface area contributed by atoms with E-state index in [2.05, 4.69) is 15.9 Å². The van der Waals surface area contributed by atoms with Crippen LogP contribution in [0.3, 0.4) is 0 Å². The first-order valence-electron chi connectivity index (χ1n) is 5.71. The third-order valence-electron chi connectivity index (χ3n) is 3.59. The van der Waals surface area contributed by atoms with Crippen molar-refractivity contribution < 1.29 is 9.53 Å². The SMILES string of the molecule is COc1ccc(Br)cc1C(=O)C1(CN)CCC1. The Hall–Kier alpha value is -0.870. The molecule has 0 unspecified atom stereocenters. The van der Waals surface area contributed by atoms with Gasteiger partial charge in [-0.15, -0.1) is 0 Å². The van der Waals surface area contributed by atoms with E-state index in [4.69, 9.17) is 10.5 Å². The van der Waals surface area contributed by atoms with E-state index in [0.717, 1.165) is 23.7 Å². The molecule has 0 aromatic heterocycles. The van der Waals surface area contributed by atoms with E-state index >= 15 is 0 Å². The van der Waals surface area contributed by atoms with E-state index in [9.17, 15) is 4.79 Å². The Morgan fingerprint density at radius 3 is 2.71 bits per heavy atom. The molecule has 0 amide bonds. The maximum absolute atomic E-state index is 12.5. The second-order valence-electron chi connectivity index (χ2n) is 4.51. The maximum atomic E-state index is 12.5.